The molecule has 2 aromatic rings. The minimum absolute atomic E-state index is 0.00450. The highest BCUT2D eigenvalue weighted by Gasteiger charge is 2.27. The van der Waals surface area contributed by atoms with Crippen LogP contribution in [0.4, 0.5) is 5.69 Å². The molecule has 0 aliphatic carbocycles. The summed E-state index contributed by atoms with van der Waals surface area (Å²) in [7, 11) is 0. The number of piperidine rings is 1. The van der Waals surface area contributed by atoms with E-state index in [0.717, 1.165) is 43.8 Å². The lowest BCUT2D eigenvalue weighted by atomic mass is 10.1. The monoisotopic (exact) mass is 364 g/mol. The average molecular weight is 364 g/mol. The number of hydrogen-bond acceptors (Lipinski definition) is 3. The van der Waals surface area contributed by atoms with Crippen LogP contribution in [-0.2, 0) is 4.79 Å². The molecular formula is C22H24N2O3. The van der Waals surface area contributed by atoms with Gasteiger partial charge in [-0.05, 0) is 49.6 Å². The van der Waals surface area contributed by atoms with Crippen LogP contribution in [0.15, 0.2) is 54.6 Å². The molecule has 140 valence electrons. The van der Waals surface area contributed by atoms with Crippen molar-refractivity contribution in [2.24, 2.45) is 0 Å². The number of anilines is 1. The Labute approximate surface area is 159 Å². The number of para-hydroxylation sites is 1. The maximum atomic E-state index is 13.0. The summed E-state index contributed by atoms with van der Waals surface area (Å²) in [5.41, 5.74) is 1.45. The number of likely N-dealkylation sites (tertiary alicyclic amines) is 1. The summed E-state index contributed by atoms with van der Waals surface area (Å²) in [6, 6.07) is 17.2. The summed E-state index contributed by atoms with van der Waals surface area (Å²) in [4.78, 5) is 28.6. The topological polar surface area (TPSA) is 49.9 Å². The number of rotatable bonds is 4. The highest BCUT2D eigenvalue weighted by atomic mass is 16.5. The molecule has 0 aromatic heterocycles. The van der Waals surface area contributed by atoms with Crippen molar-refractivity contribution in [1.82, 2.24) is 4.90 Å². The smallest absolute Gasteiger partial charge is 0.254 e. The van der Waals surface area contributed by atoms with Gasteiger partial charge in [0.1, 0.15) is 11.9 Å². The first kappa shape index (κ1) is 17.6. The van der Waals surface area contributed by atoms with Gasteiger partial charge in [-0.1, -0.05) is 24.3 Å². The maximum absolute atomic E-state index is 13.0. The van der Waals surface area contributed by atoms with Crippen molar-refractivity contribution in [2.45, 2.75) is 31.8 Å². The molecule has 0 N–H and O–H groups in total. The highest BCUT2D eigenvalue weighted by molar-refractivity contribution is 5.99. The van der Waals surface area contributed by atoms with E-state index in [-0.39, 0.29) is 17.9 Å². The van der Waals surface area contributed by atoms with E-state index in [2.05, 4.69) is 0 Å². The first-order chi connectivity index (χ1) is 13.2. The molecular weight excluding hydrogens is 340 g/mol. The van der Waals surface area contributed by atoms with Crippen molar-refractivity contribution in [3.63, 3.8) is 0 Å². The molecule has 0 radical (unpaired) electrons. The third-order valence-corrected chi connectivity index (χ3v) is 5.19. The lowest BCUT2D eigenvalue weighted by Crippen LogP contribution is -2.44. The van der Waals surface area contributed by atoms with Gasteiger partial charge in [0.05, 0.1) is 6.54 Å². The van der Waals surface area contributed by atoms with Crippen molar-refractivity contribution in [1.29, 1.82) is 0 Å². The second kappa shape index (κ2) is 7.82. The molecule has 1 atom stereocenters. The minimum atomic E-state index is 0.00450. The number of benzene rings is 2. The lowest BCUT2D eigenvalue weighted by molar-refractivity contribution is -0.117. The van der Waals surface area contributed by atoms with Gasteiger partial charge in [-0.25, -0.2) is 0 Å². The quantitative estimate of drug-likeness (QED) is 0.834. The number of carbonyl (C=O) groups excluding carboxylic acids is 2. The van der Waals surface area contributed by atoms with Crippen molar-refractivity contribution < 1.29 is 14.3 Å². The van der Waals surface area contributed by atoms with Crippen LogP contribution in [0.2, 0.25) is 0 Å². The van der Waals surface area contributed by atoms with Gasteiger partial charge < -0.3 is 14.5 Å². The number of hydrogen-bond donors (Lipinski definition) is 0. The molecule has 1 unspecified atom stereocenters. The summed E-state index contributed by atoms with van der Waals surface area (Å²) in [5.74, 6) is 0.977. The van der Waals surface area contributed by atoms with Crippen LogP contribution in [0.25, 0.3) is 0 Å². The van der Waals surface area contributed by atoms with E-state index in [9.17, 15) is 9.59 Å². The summed E-state index contributed by atoms with van der Waals surface area (Å²) in [6.07, 6.45) is 3.34. The van der Waals surface area contributed by atoms with Crippen molar-refractivity contribution in [3.05, 3.63) is 60.2 Å². The van der Waals surface area contributed by atoms with E-state index in [1.54, 1.807) is 4.90 Å². The summed E-state index contributed by atoms with van der Waals surface area (Å²) in [6.45, 7) is 2.05. The Hall–Kier alpha value is -2.82. The Morgan fingerprint density at radius 1 is 1.00 bits per heavy atom. The molecule has 2 amide bonds. The van der Waals surface area contributed by atoms with Crippen LogP contribution in [0, 0.1) is 0 Å². The zero-order chi connectivity index (χ0) is 18.6. The molecule has 0 saturated carbocycles. The van der Waals surface area contributed by atoms with Gasteiger partial charge in [0.15, 0.2) is 0 Å². The standard InChI is InChI=1S/C22H24N2O3/c25-21-12-6-14-24(21)18-8-4-7-17(15-18)22(26)23-13-5-11-20(16-23)27-19-9-2-1-3-10-19/h1-4,7-10,15,20H,5-6,11-14,16H2. The number of amides is 2. The first-order valence-corrected chi connectivity index (χ1v) is 9.62. The summed E-state index contributed by atoms with van der Waals surface area (Å²) >= 11 is 0. The summed E-state index contributed by atoms with van der Waals surface area (Å²) < 4.78 is 6.04. The lowest BCUT2D eigenvalue weighted by Gasteiger charge is -2.33. The Morgan fingerprint density at radius 2 is 1.85 bits per heavy atom. The van der Waals surface area contributed by atoms with E-state index < -0.39 is 0 Å². The van der Waals surface area contributed by atoms with E-state index in [4.69, 9.17) is 4.74 Å². The number of nitrogens with zero attached hydrogens (tertiary/aromatic N) is 2. The average Bonchev–Trinajstić information content (AvgIpc) is 3.14. The van der Waals surface area contributed by atoms with Crippen molar-refractivity contribution in [3.8, 4) is 5.75 Å². The maximum Gasteiger partial charge on any atom is 0.254 e. The molecule has 2 aliphatic rings. The normalized spacial score (nSPS) is 20.0. The third kappa shape index (κ3) is 3.97. The van der Waals surface area contributed by atoms with Crippen LogP contribution in [0.5, 0.6) is 5.75 Å². The number of ether oxygens (including phenoxy) is 1. The van der Waals surface area contributed by atoms with Gasteiger partial charge in [-0.15, -0.1) is 0 Å². The van der Waals surface area contributed by atoms with Gasteiger partial charge in [0.2, 0.25) is 5.91 Å². The molecule has 5 nitrogen and oxygen atoms in total. The van der Waals surface area contributed by atoms with Crippen LogP contribution < -0.4 is 9.64 Å². The van der Waals surface area contributed by atoms with Crippen LogP contribution in [0.3, 0.4) is 0 Å². The SMILES string of the molecule is O=C(c1cccc(N2CCCC2=O)c1)N1CCCC(Oc2ccccc2)C1. The number of carbonyl (C=O) groups is 2. The van der Waals surface area contributed by atoms with E-state index >= 15 is 0 Å². The van der Waals surface area contributed by atoms with Crippen LogP contribution in [-0.4, -0.2) is 42.5 Å². The molecule has 2 aromatic carbocycles. The van der Waals surface area contributed by atoms with Gasteiger partial charge in [0.25, 0.3) is 5.91 Å². The van der Waals surface area contributed by atoms with Gasteiger partial charge in [-0.3, -0.25) is 9.59 Å². The molecule has 5 heteroatoms. The largest absolute Gasteiger partial charge is 0.489 e. The Morgan fingerprint density at radius 3 is 2.63 bits per heavy atom. The molecule has 2 aliphatic heterocycles. The Bertz CT molecular complexity index is 821. The second-order valence-corrected chi connectivity index (χ2v) is 7.15. The fourth-order valence-corrected chi connectivity index (χ4v) is 3.82. The zero-order valence-corrected chi connectivity index (χ0v) is 15.3. The fraction of sp³-hybridized carbons (Fsp3) is 0.364. The first-order valence-electron chi connectivity index (χ1n) is 9.62. The van der Waals surface area contributed by atoms with Gasteiger partial charge >= 0.3 is 0 Å². The molecule has 0 bridgehead atoms. The Kier molecular flexibility index (Phi) is 5.10. The molecule has 27 heavy (non-hydrogen) atoms. The fourth-order valence-electron chi connectivity index (χ4n) is 3.82. The second-order valence-electron chi connectivity index (χ2n) is 7.15. The van der Waals surface area contributed by atoms with E-state index in [1.807, 2.05) is 59.5 Å². The Balaban J connectivity index is 1.45. The molecule has 2 saturated heterocycles. The molecule has 4 rings (SSSR count). The van der Waals surface area contributed by atoms with Gasteiger partial charge in [-0.2, -0.15) is 0 Å². The predicted molar refractivity (Wildman–Crippen MR) is 104 cm³/mol. The van der Waals surface area contributed by atoms with Crippen molar-refractivity contribution in [2.75, 3.05) is 24.5 Å². The van der Waals surface area contributed by atoms with Crippen LogP contribution in [0.1, 0.15) is 36.0 Å². The molecule has 2 fully saturated rings. The minimum Gasteiger partial charge on any atom is -0.489 e. The van der Waals surface area contributed by atoms with E-state index in [0.29, 0.717) is 18.5 Å². The zero-order valence-electron chi connectivity index (χ0n) is 15.3. The van der Waals surface area contributed by atoms with Crippen molar-refractivity contribution >= 4 is 17.5 Å². The van der Waals surface area contributed by atoms with E-state index in [1.165, 1.54) is 0 Å². The predicted octanol–water partition coefficient (Wildman–Crippen LogP) is 3.50. The molecule has 2 heterocycles. The third-order valence-electron chi connectivity index (χ3n) is 5.19. The van der Waals surface area contributed by atoms with Gasteiger partial charge in [0, 0.05) is 30.8 Å². The highest BCUT2D eigenvalue weighted by Crippen LogP contribution is 2.24. The summed E-state index contributed by atoms with van der Waals surface area (Å²) in [5, 5.41) is 0. The molecule has 0 spiro atoms. The van der Waals surface area contributed by atoms with Crippen LogP contribution >= 0.6 is 0 Å².